The van der Waals surface area contributed by atoms with E-state index in [-0.39, 0.29) is 17.8 Å². The summed E-state index contributed by atoms with van der Waals surface area (Å²) in [6.45, 7) is 2.02. The zero-order chi connectivity index (χ0) is 15.7. The maximum absolute atomic E-state index is 12.4. The third-order valence-corrected chi connectivity index (χ3v) is 5.47. The van der Waals surface area contributed by atoms with E-state index >= 15 is 0 Å². The van der Waals surface area contributed by atoms with Gasteiger partial charge in [0.05, 0.1) is 13.0 Å². The quantitative estimate of drug-likeness (QED) is 0.801. The minimum Gasteiger partial charge on any atom is -0.469 e. The van der Waals surface area contributed by atoms with Crippen LogP contribution in [-0.2, 0) is 9.53 Å². The van der Waals surface area contributed by atoms with E-state index < -0.39 is 0 Å². The molecule has 2 aliphatic heterocycles. The summed E-state index contributed by atoms with van der Waals surface area (Å²) in [6.07, 6.45) is 7.49. The van der Waals surface area contributed by atoms with E-state index in [4.69, 9.17) is 4.74 Å². The monoisotopic (exact) mass is 299 g/mol. The van der Waals surface area contributed by atoms with Crippen LogP contribution in [-0.4, -0.2) is 37.1 Å². The van der Waals surface area contributed by atoms with E-state index in [0.717, 1.165) is 12.8 Å². The number of nitrogens with zero attached hydrogens (tertiary/aromatic N) is 1. The Morgan fingerprint density at radius 2 is 2.00 bits per heavy atom. The molecule has 0 aromatic heterocycles. The summed E-state index contributed by atoms with van der Waals surface area (Å²) in [6, 6.07) is 9.58. The highest BCUT2D eigenvalue weighted by atomic mass is 16.5. The van der Waals surface area contributed by atoms with Gasteiger partial charge in [-0.2, -0.15) is 0 Å². The van der Waals surface area contributed by atoms with Gasteiger partial charge in [0.1, 0.15) is 0 Å². The molecule has 2 bridgehead atoms. The fourth-order valence-electron chi connectivity index (χ4n) is 4.31. The fraction of sp³-hybridized carbons (Fsp3) is 0.526. The van der Waals surface area contributed by atoms with Gasteiger partial charge in [-0.15, -0.1) is 0 Å². The predicted molar refractivity (Wildman–Crippen MR) is 88.6 cm³/mol. The number of piperidine rings is 1. The molecule has 0 aliphatic carbocycles. The molecule has 2 fully saturated rings. The fourth-order valence-corrected chi connectivity index (χ4v) is 4.31. The third kappa shape index (κ3) is 2.58. The molecule has 3 nitrogen and oxygen atoms in total. The number of ether oxygens (including phenoxy) is 1. The number of esters is 1. The molecule has 2 heterocycles. The molecule has 3 heteroatoms. The van der Waals surface area contributed by atoms with E-state index in [1.807, 2.05) is 13.0 Å². The van der Waals surface area contributed by atoms with Gasteiger partial charge in [-0.3, -0.25) is 9.69 Å². The van der Waals surface area contributed by atoms with Crippen LogP contribution < -0.4 is 0 Å². The summed E-state index contributed by atoms with van der Waals surface area (Å²) in [5.41, 5.74) is 2.48. The number of hydrogen-bond acceptors (Lipinski definition) is 3. The molecular weight excluding hydrogens is 274 g/mol. The van der Waals surface area contributed by atoms with Crippen molar-refractivity contribution in [3.63, 3.8) is 0 Å². The first kappa shape index (κ1) is 15.3. The number of carbonyl (C=O) groups is 1. The molecule has 2 unspecified atom stereocenters. The van der Waals surface area contributed by atoms with E-state index in [2.05, 4.69) is 42.3 Å². The number of hydrogen-bond donors (Lipinski definition) is 0. The summed E-state index contributed by atoms with van der Waals surface area (Å²) in [7, 11) is 3.67. The highest BCUT2D eigenvalue weighted by molar-refractivity contribution is 5.75. The number of rotatable bonds is 3. The molecule has 2 saturated heterocycles. The Morgan fingerprint density at radius 3 is 2.64 bits per heavy atom. The van der Waals surface area contributed by atoms with Crippen LogP contribution in [0.25, 0.3) is 6.08 Å². The molecule has 4 atom stereocenters. The Labute approximate surface area is 133 Å². The minimum absolute atomic E-state index is 0.0404. The van der Waals surface area contributed by atoms with E-state index in [1.165, 1.54) is 24.7 Å². The normalized spacial score (nSPS) is 31.6. The lowest BCUT2D eigenvalue weighted by Gasteiger charge is -2.41. The first-order valence-electron chi connectivity index (χ1n) is 8.18. The van der Waals surface area contributed by atoms with Crippen molar-refractivity contribution in [2.45, 2.75) is 44.2 Å². The van der Waals surface area contributed by atoms with Crippen molar-refractivity contribution in [1.29, 1.82) is 0 Å². The lowest BCUT2D eigenvalue weighted by Crippen LogP contribution is -2.49. The zero-order valence-corrected chi connectivity index (χ0v) is 13.7. The van der Waals surface area contributed by atoms with Gasteiger partial charge in [0.2, 0.25) is 0 Å². The Hall–Kier alpha value is -1.61. The maximum atomic E-state index is 12.4. The Balaban J connectivity index is 1.91. The van der Waals surface area contributed by atoms with Crippen molar-refractivity contribution >= 4 is 12.0 Å². The molecule has 22 heavy (non-hydrogen) atoms. The first-order valence-corrected chi connectivity index (χ1v) is 8.18. The summed E-state index contributed by atoms with van der Waals surface area (Å²) >= 11 is 0. The van der Waals surface area contributed by atoms with Crippen LogP contribution in [0.5, 0.6) is 0 Å². The number of methoxy groups -OCH3 is 1. The number of carbonyl (C=O) groups excluding carboxylic acids is 1. The van der Waals surface area contributed by atoms with Gasteiger partial charge in [-0.05, 0) is 44.4 Å². The molecule has 0 spiro atoms. The van der Waals surface area contributed by atoms with Gasteiger partial charge in [-0.1, -0.05) is 36.4 Å². The van der Waals surface area contributed by atoms with Gasteiger partial charge in [0.15, 0.2) is 0 Å². The number of fused-ring (bicyclic) bond motifs is 2. The van der Waals surface area contributed by atoms with Crippen LogP contribution >= 0.6 is 0 Å². The second-order valence-corrected chi connectivity index (χ2v) is 6.52. The van der Waals surface area contributed by atoms with Gasteiger partial charge >= 0.3 is 5.97 Å². The summed E-state index contributed by atoms with van der Waals surface area (Å²) in [5, 5.41) is 0. The lowest BCUT2D eigenvalue weighted by molar-refractivity contribution is -0.150. The molecule has 0 saturated carbocycles. The average molecular weight is 299 g/mol. The second-order valence-electron chi connectivity index (χ2n) is 6.52. The van der Waals surface area contributed by atoms with Crippen molar-refractivity contribution in [1.82, 2.24) is 4.90 Å². The molecule has 1 aromatic carbocycles. The largest absolute Gasteiger partial charge is 0.469 e. The van der Waals surface area contributed by atoms with Crippen molar-refractivity contribution in [2.24, 2.45) is 5.92 Å². The molecule has 118 valence electrons. The summed E-state index contributed by atoms with van der Waals surface area (Å²) in [4.78, 5) is 14.8. The van der Waals surface area contributed by atoms with Crippen LogP contribution in [0.15, 0.2) is 30.3 Å². The summed E-state index contributed by atoms with van der Waals surface area (Å²) in [5.74, 6) is 0.182. The van der Waals surface area contributed by atoms with Gasteiger partial charge in [0.25, 0.3) is 0 Å². The molecule has 0 radical (unpaired) electrons. The van der Waals surface area contributed by atoms with Crippen molar-refractivity contribution in [3.8, 4) is 0 Å². The Morgan fingerprint density at radius 1 is 1.27 bits per heavy atom. The molecule has 0 amide bonds. The third-order valence-electron chi connectivity index (χ3n) is 5.47. The van der Waals surface area contributed by atoms with Crippen LogP contribution in [0, 0.1) is 5.92 Å². The molecule has 3 rings (SSSR count). The maximum Gasteiger partial charge on any atom is 0.310 e. The highest BCUT2D eigenvalue weighted by Crippen LogP contribution is 2.46. The van der Waals surface area contributed by atoms with Crippen molar-refractivity contribution in [3.05, 3.63) is 41.5 Å². The van der Waals surface area contributed by atoms with Crippen LogP contribution in [0.2, 0.25) is 0 Å². The SMILES string of the molecule is CC=Cc1ccc([C@H]2C[C@H]3CCC(C2C(=O)OC)N3C)cc1. The van der Waals surface area contributed by atoms with Crippen molar-refractivity contribution in [2.75, 3.05) is 14.2 Å². The molecule has 1 aromatic rings. The Bertz CT molecular complexity index is 563. The van der Waals surface area contributed by atoms with Gasteiger partial charge < -0.3 is 4.74 Å². The van der Waals surface area contributed by atoms with E-state index in [0.29, 0.717) is 12.1 Å². The van der Waals surface area contributed by atoms with Crippen molar-refractivity contribution < 1.29 is 9.53 Å². The summed E-state index contributed by atoms with van der Waals surface area (Å²) < 4.78 is 5.13. The standard InChI is InChI=1S/C19H25NO2/c1-4-5-13-6-8-14(9-7-13)16-12-15-10-11-17(20(15)2)18(16)19(21)22-3/h4-9,15-18H,10-12H2,1-3H3/t15-,16-,17?,18?/m1/s1. The molecular formula is C19H25NO2. The van der Waals surface area contributed by atoms with Crippen LogP contribution in [0.1, 0.15) is 43.2 Å². The van der Waals surface area contributed by atoms with Crippen LogP contribution in [0.4, 0.5) is 0 Å². The van der Waals surface area contributed by atoms with Gasteiger partial charge in [-0.25, -0.2) is 0 Å². The first-order chi connectivity index (χ1) is 10.7. The second kappa shape index (κ2) is 6.25. The number of benzene rings is 1. The smallest absolute Gasteiger partial charge is 0.310 e. The highest BCUT2D eigenvalue weighted by Gasteiger charge is 2.49. The topological polar surface area (TPSA) is 29.5 Å². The van der Waals surface area contributed by atoms with Gasteiger partial charge in [0, 0.05) is 18.0 Å². The lowest BCUT2D eigenvalue weighted by atomic mass is 9.76. The number of allylic oxidation sites excluding steroid dienone is 1. The zero-order valence-electron chi connectivity index (χ0n) is 13.7. The Kier molecular flexibility index (Phi) is 4.34. The molecule has 0 N–H and O–H groups in total. The minimum atomic E-state index is -0.0558. The predicted octanol–water partition coefficient (Wildman–Crippen LogP) is 3.46. The molecule has 2 aliphatic rings. The van der Waals surface area contributed by atoms with E-state index in [1.54, 1.807) is 0 Å². The average Bonchev–Trinajstić information content (AvgIpc) is 2.77. The van der Waals surface area contributed by atoms with Crippen LogP contribution in [0.3, 0.4) is 0 Å². The van der Waals surface area contributed by atoms with E-state index in [9.17, 15) is 4.79 Å².